The van der Waals surface area contributed by atoms with Gasteiger partial charge in [-0.1, -0.05) is 32.9 Å². The standard InChI is InChI=1S/C28H30N2O3/c1-5-18(3)21-12-15-26-25(17-21)30-28(33-26)20-10-13-23(14-11-20)29-27(31)22-8-7-9-24(16-22)32-19(4)6-2/h7-19H,5-6H2,1-4H3,(H,29,31)/t18-,19+/m1/s1. The van der Waals surface area contributed by atoms with E-state index in [9.17, 15) is 4.79 Å². The fourth-order valence-corrected chi connectivity index (χ4v) is 3.54. The molecule has 0 saturated carbocycles. The highest BCUT2D eigenvalue weighted by Crippen LogP contribution is 2.28. The van der Waals surface area contributed by atoms with Crippen LogP contribution in [0.5, 0.6) is 5.75 Å². The summed E-state index contributed by atoms with van der Waals surface area (Å²) in [6.45, 7) is 8.47. The van der Waals surface area contributed by atoms with Gasteiger partial charge in [0.1, 0.15) is 11.3 Å². The molecule has 4 aromatic rings. The Morgan fingerprint density at radius 3 is 2.52 bits per heavy atom. The molecule has 0 aliphatic carbocycles. The van der Waals surface area contributed by atoms with E-state index >= 15 is 0 Å². The lowest BCUT2D eigenvalue weighted by molar-refractivity contribution is 0.102. The topological polar surface area (TPSA) is 64.4 Å². The van der Waals surface area contributed by atoms with E-state index in [0.717, 1.165) is 29.5 Å². The molecule has 3 aromatic carbocycles. The normalized spacial score (nSPS) is 13.0. The molecule has 0 radical (unpaired) electrons. The Bertz CT molecular complexity index is 1240. The maximum atomic E-state index is 12.7. The first kappa shape index (κ1) is 22.6. The molecule has 4 rings (SSSR count). The smallest absolute Gasteiger partial charge is 0.255 e. The predicted molar refractivity (Wildman–Crippen MR) is 133 cm³/mol. The van der Waals surface area contributed by atoms with Crippen molar-refractivity contribution in [1.29, 1.82) is 0 Å². The Hall–Kier alpha value is -3.60. The highest BCUT2D eigenvalue weighted by Gasteiger charge is 2.12. The monoisotopic (exact) mass is 442 g/mol. The van der Waals surface area contributed by atoms with Gasteiger partial charge in [-0.15, -0.1) is 0 Å². The molecule has 5 heteroatoms. The SMILES string of the molecule is CC[C@@H](C)c1ccc2oc(-c3ccc(NC(=O)c4cccc(O[C@@H](C)CC)c4)cc3)nc2c1. The quantitative estimate of drug-likeness (QED) is 0.308. The van der Waals surface area contributed by atoms with Gasteiger partial charge >= 0.3 is 0 Å². The first-order valence-corrected chi connectivity index (χ1v) is 11.6. The van der Waals surface area contributed by atoms with Gasteiger partial charge in [0.25, 0.3) is 5.91 Å². The number of hydrogen-bond donors (Lipinski definition) is 1. The van der Waals surface area contributed by atoms with Crippen LogP contribution in [-0.4, -0.2) is 17.0 Å². The number of nitrogens with zero attached hydrogens (tertiary/aromatic N) is 1. The van der Waals surface area contributed by atoms with E-state index in [4.69, 9.17) is 9.15 Å². The number of oxazole rings is 1. The number of rotatable bonds is 8. The van der Waals surface area contributed by atoms with Crippen LogP contribution in [0.3, 0.4) is 0 Å². The van der Waals surface area contributed by atoms with E-state index in [1.807, 2.05) is 49.4 Å². The van der Waals surface area contributed by atoms with Gasteiger partial charge in [-0.2, -0.15) is 0 Å². The Morgan fingerprint density at radius 1 is 1.00 bits per heavy atom. The third-order valence-corrected chi connectivity index (χ3v) is 5.99. The van der Waals surface area contributed by atoms with Crippen molar-refractivity contribution in [3.05, 3.63) is 77.9 Å². The number of carbonyl (C=O) groups excluding carboxylic acids is 1. The second-order valence-corrected chi connectivity index (χ2v) is 8.45. The van der Waals surface area contributed by atoms with E-state index in [-0.39, 0.29) is 12.0 Å². The summed E-state index contributed by atoms with van der Waals surface area (Å²) in [7, 11) is 0. The highest BCUT2D eigenvalue weighted by atomic mass is 16.5. The van der Waals surface area contributed by atoms with Crippen LogP contribution in [0.4, 0.5) is 5.69 Å². The van der Waals surface area contributed by atoms with Crippen LogP contribution in [0.15, 0.2) is 71.1 Å². The molecule has 1 heterocycles. The molecule has 1 N–H and O–H groups in total. The lowest BCUT2D eigenvalue weighted by atomic mass is 9.98. The number of ether oxygens (including phenoxy) is 1. The molecule has 0 spiro atoms. The fourth-order valence-electron chi connectivity index (χ4n) is 3.54. The molecule has 1 amide bonds. The predicted octanol–water partition coefficient (Wildman–Crippen LogP) is 7.44. The van der Waals surface area contributed by atoms with Crippen molar-refractivity contribution in [2.45, 2.75) is 52.6 Å². The summed E-state index contributed by atoms with van der Waals surface area (Å²) in [6, 6.07) is 20.9. The maximum absolute atomic E-state index is 12.7. The highest BCUT2D eigenvalue weighted by molar-refractivity contribution is 6.04. The van der Waals surface area contributed by atoms with Crippen LogP contribution < -0.4 is 10.1 Å². The van der Waals surface area contributed by atoms with E-state index in [2.05, 4.69) is 43.2 Å². The third kappa shape index (κ3) is 5.25. The second-order valence-electron chi connectivity index (χ2n) is 8.45. The number of nitrogens with one attached hydrogen (secondary N) is 1. The van der Waals surface area contributed by atoms with Crippen LogP contribution in [-0.2, 0) is 0 Å². The molecule has 0 unspecified atom stereocenters. The molecule has 1 aromatic heterocycles. The Morgan fingerprint density at radius 2 is 1.79 bits per heavy atom. The lowest BCUT2D eigenvalue weighted by Crippen LogP contribution is -2.13. The molecule has 5 nitrogen and oxygen atoms in total. The number of hydrogen-bond acceptors (Lipinski definition) is 4. The zero-order valence-electron chi connectivity index (χ0n) is 19.6. The molecular formula is C28H30N2O3. The number of anilines is 1. The zero-order chi connectivity index (χ0) is 23.4. The summed E-state index contributed by atoms with van der Waals surface area (Å²) in [4.78, 5) is 17.4. The summed E-state index contributed by atoms with van der Waals surface area (Å²) < 4.78 is 11.8. The summed E-state index contributed by atoms with van der Waals surface area (Å²) in [5.74, 6) is 1.57. The van der Waals surface area contributed by atoms with Gasteiger partial charge in [0.15, 0.2) is 5.58 Å². The molecule has 0 bridgehead atoms. The molecule has 0 fully saturated rings. The lowest BCUT2D eigenvalue weighted by Gasteiger charge is -2.13. The van der Waals surface area contributed by atoms with Gasteiger partial charge in [0.2, 0.25) is 5.89 Å². The Kier molecular flexibility index (Phi) is 6.78. The molecule has 170 valence electrons. The number of fused-ring (bicyclic) bond motifs is 1. The zero-order valence-corrected chi connectivity index (χ0v) is 19.6. The molecule has 0 aliphatic rings. The molecular weight excluding hydrogens is 412 g/mol. The third-order valence-electron chi connectivity index (χ3n) is 5.99. The van der Waals surface area contributed by atoms with Gasteiger partial charge < -0.3 is 14.5 Å². The summed E-state index contributed by atoms with van der Waals surface area (Å²) in [6.07, 6.45) is 2.09. The van der Waals surface area contributed by atoms with Crippen molar-refractivity contribution in [2.75, 3.05) is 5.32 Å². The average molecular weight is 443 g/mol. The van der Waals surface area contributed by atoms with Crippen molar-refractivity contribution in [1.82, 2.24) is 4.98 Å². The van der Waals surface area contributed by atoms with Gasteiger partial charge in [0, 0.05) is 16.8 Å². The van der Waals surface area contributed by atoms with Crippen molar-refractivity contribution in [3.8, 4) is 17.2 Å². The first-order chi connectivity index (χ1) is 16.0. The van der Waals surface area contributed by atoms with Gasteiger partial charge in [-0.05, 0) is 85.8 Å². The number of amides is 1. The van der Waals surface area contributed by atoms with Crippen molar-refractivity contribution >= 4 is 22.7 Å². The molecule has 33 heavy (non-hydrogen) atoms. The van der Waals surface area contributed by atoms with Gasteiger partial charge in [-0.3, -0.25) is 4.79 Å². The van der Waals surface area contributed by atoms with Crippen LogP contribution in [0.25, 0.3) is 22.6 Å². The number of benzene rings is 3. The summed E-state index contributed by atoms with van der Waals surface area (Å²) in [5, 5.41) is 2.94. The van der Waals surface area contributed by atoms with Crippen molar-refractivity contribution < 1.29 is 13.9 Å². The van der Waals surface area contributed by atoms with Crippen molar-refractivity contribution in [3.63, 3.8) is 0 Å². The number of aromatic nitrogens is 1. The Balaban J connectivity index is 1.47. The molecule has 0 aliphatic heterocycles. The van der Waals surface area contributed by atoms with Crippen LogP contribution >= 0.6 is 0 Å². The minimum Gasteiger partial charge on any atom is -0.491 e. The fraction of sp³-hybridized carbons (Fsp3) is 0.286. The van der Waals surface area contributed by atoms with Gasteiger partial charge in [-0.25, -0.2) is 4.98 Å². The van der Waals surface area contributed by atoms with Crippen molar-refractivity contribution in [2.24, 2.45) is 0 Å². The Labute approximate surface area is 194 Å². The van der Waals surface area contributed by atoms with Crippen LogP contribution in [0.1, 0.15) is 62.4 Å². The van der Waals surface area contributed by atoms with E-state index in [1.165, 1.54) is 5.56 Å². The largest absolute Gasteiger partial charge is 0.491 e. The van der Waals surface area contributed by atoms with Crippen LogP contribution in [0.2, 0.25) is 0 Å². The van der Waals surface area contributed by atoms with E-state index in [0.29, 0.717) is 28.8 Å². The second kappa shape index (κ2) is 9.90. The number of carbonyl (C=O) groups is 1. The average Bonchev–Trinajstić information content (AvgIpc) is 3.27. The minimum atomic E-state index is -0.184. The summed E-state index contributed by atoms with van der Waals surface area (Å²) in [5.41, 5.74) is 5.01. The van der Waals surface area contributed by atoms with Gasteiger partial charge in [0.05, 0.1) is 6.10 Å². The maximum Gasteiger partial charge on any atom is 0.255 e. The minimum absolute atomic E-state index is 0.101. The summed E-state index contributed by atoms with van der Waals surface area (Å²) >= 11 is 0. The van der Waals surface area contributed by atoms with Crippen LogP contribution in [0, 0.1) is 0 Å². The molecule has 0 saturated heterocycles. The molecule has 2 atom stereocenters. The first-order valence-electron chi connectivity index (χ1n) is 11.6. The van der Waals surface area contributed by atoms with E-state index < -0.39 is 0 Å². The van der Waals surface area contributed by atoms with E-state index in [1.54, 1.807) is 12.1 Å².